The molecule has 7 nitrogen and oxygen atoms in total. The van der Waals surface area contributed by atoms with Gasteiger partial charge in [-0.1, -0.05) is 6.07 Å². The van der Waals surface area contributed by atoms with Crippen molar-refractivity contribution in [3.63, 3.8) is 0 Å². The first-order chi connectivity index (χ1) is 11.6. The number of rotatable bonds is 2. The van der Waals surface area contributed by atoms with Crippen LogP contribution in [0.2, 0.25) is 0 Å². The zero-order chi connectivity index (χ0) is 16.7. The lowest BCUT2D eigenvalue weighted by molar-refractivity contribution is 0.829. The highest BCUT2D eigenvalue weighted by atomic mass is 16.1. The van der Waals surface area contributed by atoms with E-state index in [1.54, 1.807) is 16.9 Å². The first-order valence-electron chi connectivity index (χ1n) is 7.39. The summed E-state index contributed by atoms with van der Waals surface area (Å²) in [4.78, 5) is 23.3. The quantitative estimate of drug-likeness (QED) is 0.589. The number of aryl methyl sites for hydroxylation is 1. The smallest absolute Gasteiger partial charge is 0.255 e. The highest BCUT2D eigenvalue weighted by molar-refractivity contribution is 5.86. The Labute approximate surface area is 136 Å². The van der Waals surface area contributed by atoms with Crippen molar-refractivity contribution >= 4 is 16.6 Å². The van der Waals surface area contributed by atoms with Crippen molar-refractivity contribution in [2.45, 2.75) is 6.92 Å². The average molecular weight is 318 g/mol. The van der Waals surface area contributed by atoms with Crippen LogP contribution in [0.25, 0.3) is 27.8 Å². The molecule has 118 valence electrons. The fourth-order valence-corrected chi connectivity index (χ4v) is 2.63. The van der Waals surface area contributed by atoms with Crippen molar-refractivity contribution in [1.29, 1.82) is 0 Å². The first kappa shape index (κ1) is 14.1. The standard InChI is InChI=1S/C17H14N6O/c1-10-5-7-23(22-10)16-15(20-9-14(18)21-16)12-2-3-13-11(8-12)4-6-19-17(13)24/h2-9H,1H3,(H2,18,21)(H,19,24). The summed E-state index contributed by atoms with van der Waals surface area (Å²) < 4.78 is 1.65. The van der Waals surface area contributed by atoms with E-state index in [2.05, 4.69) is 20.1 Å². The SMILES string of the molecule is Cc1ccn(-c2nc(N)cnc2-c2ccc3c(=O)[nH]ccc3c2)n1. The van der Waals surface area contributed by atoms with E-state index in [1.165, 1.54) is 6.20 Å². The number of nitrogens with zero attached hydrogens (tertiary/aromatic N) is 4. The molecule has 0 saturated heterocycles. The lowest BCUT2D eigenvalue weighted by atomic mass is 10.1. The molecule has 0 atom stereocenters. The maximum absolute atomic E-state index is 11.8. The third kappa shape index (κ3) is 2.32. The molecule has 0 aliphatic rings. The summed E-state index contributed by atoms with van der Waals surface area (Å²) in [7, 11) is 0. The summed E-state index contributed by atoms with van der Waals surface area (Å²) in [6.07, 6.45) is 4.95. The van der Waals surface area contributed by atoms with Gasteiger partial charge in [0.1, 0.15) is 11.5 Å². The molecule has 0 aliphatic heterocycles. The third-order valence-corrected chi connectivity index (χ3v) is 3.76. The van der Waals surface area contributed by atoms with E-state index in [9.17, 15) is 4.79 Å². The average Bonchev–Trinajstić information content (AvgIpc) is 3.01. The monoisotopic (exact) mass is 318 g/mol. The van der Waals surface area contributed by atoms with Gasteiger partial charge < -0.3 is 10.7 Å². The fourth-order valence-electron chi connectivity index (χ4n) is 2.63. The van der Waals surface area contributed by atoms with Gasteiger partial charge in [0.05, 0.1) is 11.9 Å². The molecule has 0 saturated carbocycles. The zero-order valence-corrected chi connectivity index (χ0v) is 12.9. The number of nitrogen functional groups attached to an aromatic ring is 1. The molecule has 3 heterocycles. The Morgan fingerprint density at radius 1 is 1.21 bits per heavy atom. The van der Waals surface area contributed by atoms with E-state index in [0.717, 1.165) is 16.6 Å². The number of fused-ring (bicyclic) bond motifs is 1. The predicted octanol–water partition coefficient (Wildman–Crippen LogP) is 2.06. The van der Waals surface area contributed by atoms with Gasteiger partial charge in [0.15, 0.2) is 5.82 Å². The van der Waals surface area contributed by atoms with Gasteiger partial charge in [0.2, 0.25) is 0 Å². The molecule has 0 bridgehead atoms. The molecular formula is C17H14N6O. The molecule has 7 heteroatoms. The maximum Gasteiger partial charge on any atom is 0.255 e. The van der Waals surface area contributed by atoms with Crippen molar-refractivity contribution < 1.29 is 0 Å². The molecule has 4 rings (SSSR count). The fraction of sp³-hybridized carbons (Fsp3) is 0.0588. The van der Waals surface area contributed by atoms with Crippen LogP contribution in [-0.4, -0.2) is 24.7 Å². The Balaban J connectivity index is 1.95. The molecule has 3 aromatic heterocycles. The van der Waals surface area contributed by atoms with Crippen LogP contribution in [0.3, 0.4) is 0 Å². The van der Waals surface area contributed by atoms with E-state index >= 15 is 0 Å². The highest BCUT2D eigenvalue weighted by Crippen LogP contribution is 2.26. The third-order valence-electron chi connectivity index (χ3n) is 3.76. The summed E-state index contributed by atoms with van der Waals surface area (Å²) in [5.41, 5.74) is 8.03. The van der Waals surface area contributed by atoms with Gasteiger partial charge in [-0.2, -0.15) is 5.10 Å². The van der Waals surface area contributed by atoms with Crippen molar-refractivity contribution in [3.8, 4) is 17.1 Å². The molecule has 1 aromatic carbocycles. The largest absolute Gasteiger partial charge is 0.382 e. The second-order valence-corrected chi connectivity index (χ2v) is 5.48. The summed E-state index contributed by atoms with van der Waals surface area (Å²) >= 11 is 0. The van der Waals surface area contributed by atoms with Crippen LogP contribution < -0.4 is 11.3 Å². The van der Waals surface area contributed by atoms with Crippen molar-refractivity contribution in [2.75, 3.05) is 5.73 Å². The number of aromatic amines is 1. The molecule has 0 unspecified atom stereocenters. The van der Waals surface area contributed by atoms with E-state index in [4.69, 9.17) is 5.73 Å². The highest BCUT2D eigenvalue weighted by Gasteiger charge is 2.13. The van der Waals surface area contributed by atoms with Gasteiger partial charge in [-0.15, -0.1) is 0 Å². The number of H-pyrrole nitrogens is 1. The number of nitrogens with two attached hydrogens (primary N) is 1. The van der Waals surface area contributed by atoms with Gasteiger partial charge in [-0.25, -0.2) is 14.6 Å². The summed E-state index contributed by atoms with van der Waals surface area (Å²) in [6, 6.07) is 9.26. The number of benzene rings is 1. The van der Waals surface area contributed by atoms with Crippen LogP contribution in [0.1, 0.15) is 5.69 Å². The van der Waals surface area contributed by atoms with Crippen molar-refractivity contribution in [1.82, 2.24) is 24.7 Å². The number of pyridine rings is 1. The van der Waals surface area contributed by atoms with Crippen molar-refractivity contribution in [2.24, 2.45) is 0 Å². The van der Waals surface area contributed by atoms with Crippen LogP contribution in [-0.2, 0) is 0 Å². The minimum absolute atomic E-state index is 0.120. The molecule has 0 spiro atoms. The minimum atomic E-state index is -0.120. The van der Waals surface area contributed by atoms with Crippen LogP contribution in [0, 0.1) is 6.92 Å². The normalized spacial score (nSPS) is 11.0. The second kappa shape index (κ2) is 5.31. The van der Waals surface area contributed by atoms with Crippen molar-refractivity contribution in [3.05, 3.63) is 65.0 Å². The van der Waals surface area contributed by atoms with Gasteiger partial charge >= 0.3 is 0 Å². The summed E-state index contributed by atoms with van der Waals surface area (Å²) in [5.74, 6) is 0.867. The van der Waals surface area contributed by atoms with E-state index in [1.807, 2.05) is 37.4 Å². The number of hydrogen-bond donors (Lipinski definition) is 2. The topological polar surface area (TPSA) is 102 Å². The van der Waals surface area contributed by atoms with Gasteiger partial charge in [-0.05, 0) is 36.6 Å². The minimum Gasteiger partial charge on any atom is -0.382 e. The van der Waals surface area contributed by atoms with E-state index in [-0.39, 0.29) is 5.56 Å². The molecular weight excluding hydrogens is 304 g/mol. The lowest BCUT2D eigenvalue weighted by Gasteiger charge is -2.09. The Morgan fingerprint density at radius 2 is 2.08 bits per heavy atom. The molecule has 3 N–H and O–H groups in total. The maximum atomic E-state index is 11.8. The van der Waals surface area contributed by atoms with Gasteiger partial charge in [0, 0.05) is 23.3 Å². The number of nitrogens with one attached hydrogen (secondary N) is 1. The Bertz CT molecular complexity index is 1110. The Kier molecular flexibility index (Phi) is 3.13. The predicted molar refractivity (Wildman–Crippen MR) is 91.9 cm³/mol. The zero-order valence-electron chi connectivity index (χ0n) is 12.9. The summed E-state index contributed by atoms with van der Waals surface area (Å²) in [6.45, 7) is 1.90. The summed E-state index contributed by atoms with van der Waals surface area (Å²) in [5, 5.41) is 5.85. The number of aromatic nitrogens is 5. The number of hydrogen-bond acceptors (Lipinski definition) is 5. The first-order valence-corrected chi connectivity index (χ1v) is 7.39. The molecule has 0 radical (unpaired) electrons. The lowest BCUT2D eigenvalue weighted by Crippen LogP contribution is -2.07. The van der Waals surface area contributed by atoms with Crippen LogP contribution in [0.4, 0.5) is 5.82 Å². The second-order valence-electron chi connectivity index (χ2n) is 5.48. The molecule has 0 aliphatic carbocycles. The van der Waals surface area contributed by atoms with E-state index in [0.29, 0.717) is 22.7 Å². The Hall–Kier alpha value is -3.48. The molecule has 4 aromatic rings. The van der Waals surface area contributed by atoms with Crippen LogP contribution in [0.5, 0.6) is 0 Å². The molecule has 24 heavy (non-hydrogen) atoms. The Morgan fingerprint density at radius 3 is 2.88 bits per heavy atom. The van der Waals surface area contributed by atoms with Gasteiger partial charge in [0.25, 0.3) is 5.56 Å². The molecule has 0 amide bonds. The van der Waals surface area contributed by atoms with Crippen LogP contribution in [0.15, 0.2) is 53.7 Å². The number of anilines is 1. The van der Waals surface area contributed by atoms with Gasteiger partial charge in [-0.3, -0.25) is 4.79 Å². The molecule has 0 fully saturated rings. The van der Waals surface area contributed by atoms with E-state index < -0.39 is 0 Å². The van der Waals surface area contributed by atoms with Crippen LogP contribution >= 0.6 is 0 Å².